The van der Waals surface area contributed by atoms with Crippen molar-refractivity contribution in [3.8, 4) is 0 Å². The SMILES string of the molecule is COC(C)(OC)C(C)C(=O)OC(C)C. The van der Waals surface area contributed by atoms with E-state index in [4.69, 9.17) is 14.2 Å². The van der Waals surface area contributed by atoms with E-state index in [-0.39, 0.29) is 12.1 Å². The molecule has 0 radical (unpaired) electrons. The number of rotatable bonds is 5. The second kappa shape index (κ2) is 5.32. The van der Waals surface area contributed by atoms with Crippen molar-refractivity contribution in [2.24, 2.45) is 5.92 Å². The summed E-state index contributed by atoms with van der Waals surface area (Å²) in [6.07, 6.45) is -0.122. The second-order valence-electron chi connectivity index (χ2n) is 3.63. The summed E-state index contributed by atoms with van der Waals surface area (Å²) in [5.74, 6) is -1.70. The normalized spacial score (nSPS) is 14.2. The third-order valence-electron chi connectivity index (χ3n) is 2.30. The van der Waals surface area contributed by atoms with Crippen LogP contribution in [0.15, 0.2) is 0 Å². The van der Waals surface area contributed by atoms with Gasteiger partial charge >= 0.3 is 5.97 Å². The summed E-state index contributed by atoms with van der Waals surface area (Å²) in [7, 11) is 3.01. The van der Waals surface area contributed by atoms with Gasteiger partial charge in [-0.3, -0.25) is 4.79 Å². The molecule has 0 saturated heterocycles. The Morgan fingerprint density at radius 2 is 1.57 bits per heavy atom. The summed E-state index contributed by atoms with van der Waals surface area (Å²) in [5.41, 5.74) is 0. The molecule has 0 aromatic carbocycles. The summed E-state index contributed by atoms with van der Waals surface area (Å²) in [6.45, 7) is 7.04. The maximum absolute atomic E-state index is 11.5. The van der Waals surface area contributed by atoms with Crippen LogP contribution in [0.2, 0.25) is 0 Å². The molecule has 0 amide bonds. The standard InChI is InChI=1S/C10H20O4/c1-7(2)14-9(11)8(3)10(4,12-5)13-6/h7-8H,1-6H3. The van der Waals surface area contributed by atoms with E-state index in [9.17, 15) is 4.79 Å². The zero-order valence-electron chi connectivity index (χ0n) is 9.79. The molecule has 0 aliphatic rings. The Morgan fingerprint density at radius 1 is 1.14 bits per heavy atom. The minimum absolute atomic E-state index is 0.122. The first kappa shape index (κ1) is 13.4. The maximum Gasteiger partial charge on any atom is 0.314 e. The quantitative estimate of drug-likeness (QED) is 0.504. The number of carbonyl (C=O) groups is 1. The van der Waals surface area contributed by atoms with Crippen molar-refractivity contribution in [1.29, 1.82) is 0 Å². The lowest BCUT2D eigenvalue weighted by Gasteiger charge is -2.31. The predicted octanol–water partition coefficient (Wildman–Crippen LogP) is 1.58. The fourth-order valence-corrected chi connectivity index (χ4v) is 0.985. The van der Waals surface area contributed by atoms with Gasteiger partial charge in [0.05, 0.1) is 6.10 Å². The fourth-order valence-electron chi connectivity index (χ4n) is 0.985. The molecule has 0 heterocycles. The maximum atomic E-state index is 11.5. The van der Waals surface area contributed by atoms with Gasteiger partial charge in [0.15, 0.2) is 5.79 Å². The van der Waals surface area contributed by atoms with Crippen molar-refractivity contribution in [1.82, 2.24) is 0 Å². The number of hydrogen-bond acceptors (Lipinski definition) is 4. The van der Waals surface area contributed by atoms with Crippen LogP contribution in [0, 0.1) is 5.92 Å². The minimum atomic E-state index is -0.925. The summed E-state index contributed by atoms with van der Waals surface area (Å²) in [6, 6.07) is 0. The van der Waals surface area contributed by atoms with E-state index in [0.717, 1.165) is 0 Å². The molecule has 14 heavy (non-hydrogen) atoms. The van der Waals surface area contributed by atoms with Crippen LogP contribution < -0.4 is 0 Å². The van der Waals surface area contributed by atoms with Crippen LogP contribution >= 0.6 is 0 Å². The van der Waals surface area contributed by atoms with Gasteiger partial charge in [0.2, 0.25) is 0 Å². The van der Waals surface area contributed by atoms with Crippen molar-refractivity contribution in [3.63, 3.8) is 0 Å². The highest BCUT2D eigenvalue weighted by Crippen LogP contribution is 2.23. The summed E-state index contributed by atoms with van der Waals surface area (Å²) in [5, 5.41) is 0. The van der Waals surface area contributed by atoms with Crippen LogP contribution in [-0.4, -0.2) is 32.1 Å². The molecule has 0 aliphatic carbocycles. The van der Waals surface area contributed by atoms with Gasteiger partial charge in [0, 0.05) is 14.2 Å². The van der Waals surface area contributed by atoms with Crippen molar-refractivity contribution < 1.29 is 19.0 Å². The largest absolute Gasteiger partial charge is 0.463 e. The van der Waals surface area contributed by atoms with E-state index in [1.807, 2.05) is 13.8 Å². The van der Waals surface area contributed by atoms with Gasteiger partial charge in [-0.2, -0.15) is 0 Å². The third kappa shape index (κ3) is 3.27. The van der Waals surface area contributed by atoms with Gasteiger partial charge in [-0.15, -0.1) is 0 Å². The Labute approximate surface area is 85.5 Å². The first-order valence-corrected chi connectivity index (χ1v) is 4.68. The van der Waals surface area contributed by atoms with Crippen LogP contribution in [0.4, 0.5) is 0 Å². The van der Waals surface area contributed by atoms with E-state index in [2.05, 4.69) is 0 Å². The van der Waals surface area contributed by atoms with E-state index in [1.165, 1.54) is 14.2 Å². The van der Waals surface area contributed by atoms with E-state index in [0.29, 0.717) is 0 Å². The van der Waals surface area contributed by atoms with Crippen LogP contribution in [0.3, 0.4) is 0 Å². The highest BCUT2D eigenvalue weighted by Gasteiger charge is 2.37. The predicted molar refractivity (Wildman–Crippen MR) is 52.8 cm³/mol. The highest BCUT2D eigenvalue weighted by molar-refractivity contribution is 5.73. The molecule has 0 rings (SSSR count). The molecule has 0 bridgehead atoms. The summed E-state index contributed by atoms with van der Waals surface area (Å²) < 4.78 is 15.3. The molecule has 0 saturated carbocycles. The molecule has 1 atom stereocenters. The van der Waals surface area contributed by atoms with E-state index in [1.54, 1.807) is 13.8 Å². The Balaban J connectivity index is 4.43. The van der Waals surface area contributed by atoms with Crippen molar-refractivity contribution >= 4 is 5.97 Å². The Morgan fingerprint density at radius 3 is 1.86 bits per heavy atom. The molecule has 0 aromatic rings. The zero-order chi connectivity index (χ0) is 11.4. The van der Waals surface area contributed by atoms with Gasteiger partial charge in [-0.05, 0) is 27.7 Å². The number of ether oxygens (including phenoxy) is 3. The molecule has 0 N–H and O–H groups in total. The van der Waals surface area contributed by atoms with E-state index < -0.39 is 11.7 Å². The second-order valence-corrected chi connectivity index (χ2v) is 3.63. The number of carbonyl (C=O) groups excluding carboxylic acids is 1. The lowest BCUT2D eigenvalue weighted by molar-refractivity contribution is -0.230. The molecule has 84 valence electrons. The average molecular weight is 204 g/mol. The van der Waals surface area contributed by atoms with Crippen molar-refractivity contribution in [2.45, 2.75) is 39.6 Å². The van der Waals surface area contributed by atoms with Gasteiger partial charge < -0.3 is 14.2 Å². The Kier molecular flexibility index (Phi) is 5.08. The van der Waals surface area contributed by atoms with Crippen molar-refractivity contribution in [3.05, 3.63) is 0 Å². The molecule has 0 aliphatic heterocycles. The minimum Gasteiger partial charge on any atom is -0.463 e. The Bertz CT molecular complexity index is 185. The summed E-state index contributed by atoms with van der Waals surface area (Å²) in [4.78, 5) is 11.5. The van der Waals surface area contributed by atoms with Gasteiger partial charge in [-0.25, -0.2) is 0 Å². The van der Waals surface area contributed by atoms with Gasteiger partial charge in [-0.1, -0.05) is 0 Å². The van der Waals surface area contributed by atoms with E-state index >= 15 is 0 Å². The number of methoxy groups -OCH3 is 2. The highest BCUT2D eigenvalue weighted by atomic mass is 16.7. The van der Waals surface area contributed by atoms with Gasteiger partial charge in [0.25, 0.3) is 0 Å². The molecule has 0 fully saturated rings. The number of hydrogen-bond donors (Lipinski definition) is 0. The third-order valence-corrected chi connectivity index (χ3v) is 2.30. The average Bonchev–Trinajstić information content (AvgIpc) is 2.14. The first-order chi connectivity index (χ1) is 6.37. The number of esters is 1. The van der Waals surface area contributed by atoms with Crippen LogP contribution in [0.25, 0.3) is 0 Å². The lowest BCUT2D eigenvalue weighted by Crippen LogP contribution is -2.42. The van der Waals surface area contributed by atoms with Crippen molar-refractivity contribution in [2.75, 3.05) is 14.2 Å². The molecular formula is C10H20O4. The molecule has 0 aromatic heterocycles. The van der Waals surface area contributed by atoms with Crippen LogP contribution in [0.5, 0.6) is 0 Å². The molecule has 0 spiro atoms. The summed E-state index contributed by atoms with van der Waals surface area (Å²) >= 11 is 0. The first-order valence-electron chi connectivity index (χ1n) is 4.68. The van der Waals surface area contributed by atoms with Gasteiger partial charge in [0.1, 0.15) is 5.92 Å². The Hall–Kier alpha value is -0.610. The smallest absolute Gasteiger partial charge is 0.314 e. The monoisotopic (exact) mass is 204 g/mol. The topological polar surface area (TPSA) is 44.8 Å². The molecular weight excluding hydrogens is 184 g/mol. The molecule has 1 unspecified atom stereocenters. The molecule has 4 heteroatoms. The fraction of sp³-hybridized carbons (Fsp3) is 0.900. The zero-order valence-corrected chi connectivity index (χ0v) is 9.79. The lowest BCUT2D eigenvalue weighted by atomic mass is 10.0. The van der Waals surface area contributed by atoms with Crippen LogP contribution in [0.1, 0.15) is 27.7 Å². The molecule has 4 nitrogen and oxygen atoms in total. The van der Waals surface area contributed by atoms with Crippen LogP contribution in [-0.2, 0) is 19.0 Å².